The molecule has 0 aliphatic carbocycles. The van der Waals surface area contributed by atoms with Gasteiger partial charge in [-0.25, -0.2) is 0 Å². The molecular weight excluding hydrogens is 168 g/mol. The number of rotatable bonds is 4. The van der Waals surface area contributed by atoms with Crippen LogP contribution in [0.1, 0.15) is 13.8 Å². The SMILES string of the molecule is C=C[Si](C)(C)OC(OC)=C(C)C. The molecule has 0 amide bonds. The van der Waals surface area contributed by atoms with Crippen LogP contribution in [0.5, 0.6) is 0 Å². The summed E-state index contributed by atoms with van der Waals surface area (Å²) >= 11 is 0. The van der Waals surface area contributed by atoms with Crippen molar-refractivity contribution in [2.75, 3.05) is 7.11 Å². The highest BCUT2D eigenvalue weighted by atomic mass is 28.4. The number of ether oxygens (including phenoxy) is 1. The largest absolute Gasteiger partial charge is 0.516 e. The van der Waals surface area contributed by atoms with Gasteiger partial charge in [0.25, 0.3) is 14.3 Å². The first-order chi connectivity index (χ1) is 5.43. The molecule has 0 aliphatic rings. The summed E-state index contributed by atoms with van der Waals surface area (Å²) in [6, 6.07) is 0. The smallest absolute Gasteiger partial charge is 0.273 e. The molecule has 0 aliphatic heterocycles. The summed E-state index contributed by atoms with van der Waals surface area (Å²) in [5.41, 5.74) is 2.94. The van der Waals surface area contributed by atoms with Crippen LogP contribution in [0, 0.1) is 0 Å². The Labute approximate surface area is 76.0 Å². The van der Waals surface area contributed by atoms with Crippen LogP contribution in [-0.4, -0.2) is 15.4 Å². The first kappa shape index (κ1) is 11.3. The van der Waals surface area contributed by atoms with Crippen LogP contribution in [0.3, 0.4) is 0 Å². The average Bonchev–Trinajstić information content (AvgIpc) is 2.00. The Kier molecular flexibility index (Phi) is 4.10. The Morgan fingerprint density at radius 3 is 2.08 bits per heavy atom. The minimum Gasteiger partial charge on any atom is -0.516 e. The molecule has 3 heteroatoms. The topological polar surface area (TPSA) is 18.5 Å². The fraction of sp³-hybridized carbons (Fsp3) is 0.556. The van der Waals surface area contributed by atoms with E-state index in [1.807, 2.05) is 19.5 Å². The molecule has 0 unspecified atom stereocenters. The molecule has 0 N–H and O–H groups in total. The number of hydrogen-bond acceptors (Lipinski definition) is 2. The maximum Gasteiger partial charge on any atom is 0.273 e. The highest BCUT2D eigenvalue weighted by Gasteiger charge is 2.21. The molecule has 0 fully saturated rings. The molecule has 0 atom stereocenters. The summed E-state index contributed by atoms with van der Waals surface area (Å²) in [6.45, 7) is 11.8. The van der Waals surface area contributed by atoms with E-state index in [-0.39, 0.29) is 0 Å². The Morgan fingerprint density at radius 2 is 1.83 bits per heavy atom. The molecule has 0 bridgehead atoms. The van der Waals surface area contributed by atoms with Gasteiger partial charge in [0.05, 0.1) is 7.11 Å². The average molecular weight is 186 g/mol. The Bertz CT molecular complexity index is 191. The normalized spacial score (nSPS) is 10.4. The molecular formula is C9H18O2Si. The lowest BCUT2D eigenvalue weighted by Crippen LogP contribution is -2.27. The minimum atomic E-state index is -1.74. The van der Waals surface area contributed by atoms with Gasteiger partial charge in [-0.2, -0.15) is 0 Å². The van der Waals surface area contributed by atoms with E-state index in [0.29, 0.717) is 5.95 Å². The zero-order chi connectivity index (χ0) is 9.78. The summed E-state index contributed by atoms with van der Waals surface area (Å²) in [7, 11) is -0.122. The van der Waals surface area contributed by atoms with Crippen LogP contribution in [-0.2, 0) is 9.16 Å². The molecule has 0 aromatic carbocycles. The van der Waals surface area contributed by atoms with E-state index in [9.17, 15) is 0 Å². The molecule has 0 aromatic rings. The highest BCUT2D eigenvalue weighted by molar-refractivity contribution is 6.76. The van der Waals surface area contributed by atoms with Crippen LogP contribution >= 0.6 is 0 Å². The van der Waals surface area contributed by atoms with Gasteiger partial charge in [0.1, 0.15) is 0 Å². The summed E-state index contributed by atoms with van der Waals surface area (Å²) in [4.78, 5) is 0. The minimum absolute atomic E-state index is 0.631. The van der Waals surface area contributed by atoms with E-state index < -0.39 is 8.32 Å². The van der Waals surface area contributed by atoms with Gasteiger partial charge in [-0.05, 0) is 26.9 Å². The third kappa shape index (κ3) is 3.62. The monoisotopic (exact) mass is 186 g/mol. The third-order valence-corrected chi connectivity index (χ3v) is 3.14. The lowest BCUT2D eigenvalue weighted by molar-refractivity contribution is 0.143. The number of hydrogen-bond donors (Lipinski definition) is 0. The van der Waals surface area contributed by atoms with Gasteiger partial charge in [0.15, 0.2) is 0 Å². The summed E-state index contributed by atoms with van der Waals surface area (Å²) in [5.74, 6) is 0.631. The molecule has 0 saturated heterocycles. The van der Waals surface area contributed by atoms with Crippen LogP contribution in [0.15, 0.2) is 23.8 Å². The molecule has 0 saturated carbocycles. The number of allylic oxidation sites excluding steroid dienone is 1. The third-order valence-electron chi connectivity index (χ3n) is 1.44. The van der Waals surface area contributed by atoms with E-state index in [0.717, 1.165) is 5.57 Å². The maximum atomic E-state index is 5.68. The van der Waals surface area contributed by atoms with Gasteiger partial charge in [-0.15, -0.1) is 6.58 Å². The Hall–Kier alpha value is -0.703. The van der Waals surface area contributed by atoms with E-state index >= 15 is 0 Å². The van der Waals surface area contributed by atoms with Crippen LogP contribution in [0.4, 0.5) is 0 Å². The van der Waals surface area contributed by atoms with Crippen molar-refractivity contribution in [3.05, 3.63) is 23.8 Å². The van der Waals surface area contributed by atoms with Crippen LogP contribution in [0.25, 0.3) is 0 Å². The molecule has 0 rings (SSSR count). The van der Waals surface area contributed by atoms with Gasteiger partial charge in [0, 0.05) is 5.57 Å². The van der Waals surface area contributed by atoms with Crippen molar-refractivity contribution in [1.82, 2.24) is 0 Å². The van der Waals surface area contributed by atoms with Crippen molar-refractivity contribution >= 4 is 8.32 Å². The first-order valence-electron chi connectivity index (χ1n) is 3.97. The van der Waals surface area contributed by atoms with E-state index in [1.54, 1.807) is 7.11 Å². The molecule has 0 spiro atoms. The molecule has 0 radical (unpaired) electrons. The molecule has 70 valence electrons. The van der Waals surface area contributed by atoms with Crippen LogP contribution in [0.2, 0.25) is 13.1 Å². The maximum absolute atomic E-state index is 5.68. The van der Waals surface area contributed by atoms with Gasteiger partial charge >= 0.3 is 0 Å². The zero-order valence-corrected chi connectivity index (χ0v) is 9.60. The van der Waals surface area contributed by atoms with Crippen LogP contribution < -0.4 is 0 Å². The number of methoxy groups -OCH3 is 1. The summed E-state index contributed by atoms with van der Waals surface area (Å²) < 4.78 is 10.8. The van der Waals surface area contributed by atoms with Crippen molar-refractivity contribution in [3.8, 4) is 0 Å². The zero-order valence-electron chi connectivity index (χ0n) is 8.60. The Balaban J connectivity index is 4.42. The van der Waals surface area contributed by atoms with E-state index in [4.69, 9.17) is 9.16 Å². The Morgan fingerprint density at radius 1 is 1.33 bits per heavy atom. The molecule has 0 aromatic heterocycles. The van der Waals surface area contributed by atoms with Gasteiger partial charge in [-0.1, -0.05) is 5.70 Å². The highest BCUT2D eigenvalue weighted by Crippen LogP contribution is 2.14. The molecule has 2 nitrogen and oxygen atoms in total. The second-order valence-corrected chi connectivity index (χ2v) is 7.22. The standard InChI is InChI=1S/C9H18O2Si/c1-7-12(5,6)11-9(10-4)8(2)3/h7H,1H2,2-6H3. The first-order valence-corrected chi connectivity index (χ1v) is 6.95. The summed E-state index contributed by atoms with van der Waals surface area (Å²) in [5, 5.41) is 0. The van der Waals surface area contributed by atoms with Crippen molar-refractivity contribution in [2.45, 2.75) is 26.9 Å². The van der Waals surface area contributed by atoms with Crippen molar-refractivity contribution in [2.24, 2.45) is 0 Å². The molecule has 12 heavy (non-hydrogen) atoms. The van der Waals surface area contributed by atoms with Gasteiger partial charge < -0.3 is 9.16 Å². The van der Waals surface area contributed by atoms with Crippen molar-refractivity contribution in [3.63, 3.8) is 0 Å². The lowest BCUT2D eigenvalue weighted by atomic mass is 10.4. The van der Waals surface area contributed by atoms with E-state index in [1.165, 1.54) is 0 Å². The van der Waals surface area contributed by atoms with Gasteiger partial charge in [0.2, 0.25) is 0 Å². The lowest BCUT2D eigenvalue weighted by Gasteiger charge is -2.22. The second-order valence-electron chi connectivity index (χ2n) is 3.40. The summed E-state index contributed by atoms with van der Waals surface area (Å²) in [6.07, 6.45) is 0. The second kappa shape index (κ2) is 4.35. The molecule has 0 heterocycles. The quantitative estimate of drug-likeness (QED) is 0.496. The van der Waals surface area contributed by atoms with E-state index in [2.05, 4.69) is 19.7 Å². The van der Waals surface area contributed by atoms with Crippen molar-refractivity contribution in [1.29, 1.82) is 0 Å². The fourth-order valence-electron chi connectivity index (χ4n) is 0.628. The van der Waals surface area contributed by atoms with Crippen molar-refractivity contribution < 1.29 is 9.16 Å². The fourth-order valence-corrected chi connectivity index (χ4v) is 1.48. The van der Waals surface area contributed by atoms with Gasteiger partial charge in [-0.3, -0.25) is 0 Å². The predicted molar refractivity (Wildman–Crippen MR) is 54.1 cm³/mol. The predicted octanol–water partition coefficient (Wildman–Crippen LogP) is 2.83.